The van der Waals surface area contributed by atoms with E-state index in [1.54, 1.807) is 0 Å². The van der Waals surface area contributed by atoms with Crippen molar-refractivity contribution in [1.82, 2.24) is 0 Å². The fraction of sp³-hybridized carbons (Fsp3) is 0. The van der Waals surface area contributed by atoms with Crippen LogP contribution in [0.4, 0.5) is 0 Å². The van der Waals surface area contributed by atoms with Gasteiger partial charge in [-0.3, -0.25) is 0 Å². The smallest absolute Gasteiger partial charge is 0.106 e. The largest absolute Gasteiger partial charge is 0.307 e. The maximum atomic E-state index is 8.00. The molecule has 0 aromatic heterocycles. The van der Waals surface area contributed by atoms with Gasteiger partial charge in [0, 0.05) is 20.4 Å². The van der Waals surface area contributed by atoms with E-state index in [-0.39, 0.29) is 20.4 Å². The molecule has 0 saturated heterocycles. The molecule has 9 aromatic carbocycles. The van der Waals surface area contributed by atoms with Gasteiger partial charge in [-0.25, -0.2) is 0 Å². The zero-order valence-electron chi connectivity index (χ0n) is 34.4. The van der Waals surface area contributed by atoms with Gasteiger partial charge in [0.15, 0.2) is 0 Å². The summed E-state index contributed by atoms with van der Waals surface area (Å²) in [6.45, 7) is 4.00. The first-order chi connectivity index (χ1) is 30.3. The van der Waals surface area contributed by atoms with E-state index in [9.17, 15) is 0 Å². The number of hydrogen-bond donors (Lipinski definition) is 0. The molecule has 0 unspecified atom stereocenters. The molecule has 310 valence electrons. The molecule has 62 heavy (non-hydrogen) atoms. The summed E-state index contributed by atoms with van der Waals surface area (Å²) in [4.78, 5) is 16.0. The first-order valence-electron chi connectivity index (χ1n) is 19.8. The van der Waals surface area contributed by atoms with Crippen molar-refractivity contribution in [1.29, 1.82) is 0 Å². The molecule has 0 N–H and O–H groups in total. The van der Waals surface area contributed by atoms with Crippen LogP contribution in [0.3, 0.4) is 0 Å². The molecule has 0 radical (unpaired) electrons. The second-order valence-corrected chi connectivity index (χ2v) is 19.7. The standard InChI is InChI=1S/3C18H15P.2CH2O.Pd/c3*1-4-10-16(11-5-1)19(17-12-6-2-7-13-17)18-14-8-3-9-15-18;2*1-2;/h3*1-15H;2*1H2;. The van der Waals surface area contributed by atoms with E-state index in [2.05, 4.69) is 273 Å². The second-order valence-electron chi connectivity index (χ2n) is 13.0. The van der Waals surface area contributed by atoms with E-state index >= 15 is 0 Å². The Hall–Kier alpha value is -5.73. The van der Waals surface area contributed by atoms with Crippen LogP contribution in [0.2, 0.25) is 0 Å². The van der Waals surface area contributed by atoms with Crippen LogP contribution >= 0.6 is 23.8 Å². The summed E-state index contributed by atoms with van der Waals surface area (Å²) >= 11 is 0. The molecule has 0 fully saturated rings. The van der Waals surface area contributed by atoms with Crippen LogP contribution in [0.25, 0.3) is 0 Å². The van der Waals surface area contributed by atoms with E-state index in [0.29, 0.717) is 0 Å². The first-order valence-corrected chi connectivity index (χ1v) is 23.8. The van der Waals surface area contributed by atoms with Gasteiger partial charge in [-0.1, -0.05) is 273 Å². The summed E-state index contributed by atoms with van der Waals surface area (Å²) in [7, 11) is -1.34. The summed E-state index contributed by atoms with van der Waals surface area (Å²) in [6.07, 6.45) is 0. The quantitative estimate of drug-likeness (QED) is 0.107. The van der Waals surface area contributed by atoms with Crippen molar-refractivity contribution in [3.05, 3.63) is 273 Å². The van der Waals surface area contributed by atoms with Crippen molar-refractivity contribution in [2.24, 2.45) is 0 Å². The van der Waals surface area contributed by atoms with Crippen LogP contribution in [-0.4, -0.2) is 13.6 Å². The molecule has 0 spiro atoms. The average Bonchev–Trinajstić information content (AvgIpc) is 3.37. The number of carbonyl (C=O) groups excluding carboxylic acids is 2. The van der Waals surface area contributed by atoms with Crippen molar-refractivity contribution in [3.63, 3.8) is 0 Å². The minimum Gasteiger partial charge on any atom is -0.307 e. The monoisotopic (exact) mass is 952 g/mol. The third-order valence-corrected chi connectivity index (χ3v) is 16.5. The molecule has 9 rings (SSSR count). The molecule has 9 aromatic rings. The fourth-order valence-corrected chi connectivity index (χ4v) is 13.5. The molecular formula is C56H49O2P3Pd. The Morgan fingerprint density at radius 3 is 0.339 bits per heavy atom. The predicted molar refractivity (Wildman–Crippen MR) is 270 cm³/mol. The van der Waals surface area contributed by atoms with Crippen molar-refractivity contribution in [3.8, 4) is 0 Å². The van der Waals surface area contributed by atoms with Gasteiger partial charge in [0.2, 0.25) is 0 Å². The summed E-state index contributed by atoms with van der Waals surface area (Å²) in [5.74, 6) is 0. The maximum absolute atomic E-state index is 8.00. The topological polar surface area (TPSA) is 34.1 Å². The van der Waals surface area contributed by atoms with E-state index < -0.39 is 23.8 Å². The Labute approximate surface area is 385 Å². The normalized spacial score (nSPS) is 9.85. The van der Waals surface area contributed by atoms with Crippen molar-refractivity contribution in [2.45, 2.75) is 0 Å². The van der Waals surface area contributed by atoms with Crippen LogP contribution in [0.1, 0.15) is 0 Å². The van der Waals surface area contributed by atoms with Crippen molar-refractivity contribution in [2.75, 3.05) is 0 Å². The SMILES string of the molecule is C=O.C=O.[Pd].c1ccc(P(c2ccccc2)c2ccccc2)cc1.c1ccc(P(c2ccccc2)c2ccccc2)cc1.c1ccc(P(c2ccccc2)c2ccccc2)cc1. The predicted octanol–water partition coefficient (Wildman–Crippen LogP) is 9.96. The molecule has 0 aliphatic heterocycles. The van der Waals surface area contributed by atoms with Gasteiger partial charge < -0.3 is 9.59 Å². The first kappa shape index (κ1) is 48.9. The Morgan fingerprint density at radius 2 is 0.258 bits per heavy atom. The summed E-state index contributed by atoms with van der Waals surface area (Å²) in [6, 6.07) is 97.0. The number of rotatable bonds is 9. The average molecular weight is 953 g/mol. The molecule has 0 aliphatic rings. The number of carbonyl (C=O) groups is 2. The molecule has 6 heteroatoms. The third kappa shape index (κ3) is 14.7. The summed E-state index contributed by atoms with van der Waals surface area (Å²) < 4.78 is 0. The van der Waals surface area contributed by atoms with Gasteiger partial charge in [0.25, 0.3) is 0 Å². The molecule has 0 heterocycles. The minimum absolute atomic E-state index is 0. The molecule has 0 saturated carbocycles. The maximum Gasteiger partial charge on any atom is 0.106 e. The summed E-state index contributed by atoms with van der Waals surface area (Å²) in [5.41, 5.74) is 0. The third-order valence-electron chi connectivity index (χ3n) is 9.13. The minimum atomic E-state index is -0.446. The summed E-state index contributed by atoms with van der Waals surface area (Å²) in [5, 5.41) is 12.6. The Morgan fingerprint density at radius 1 is 0.177 bits per heavy atom. The molecular weight excluding hydrogens is 904 g/mol. The number of hydrogen-bond acceptors (Lipinski definition) is 2. The Kier molecular flexibility index (Phi) is 22.7. The zero-order chi connectivity index (χ0) is 42.7. The van der Waals surface area contributed by atoms with Crippen LogP contribution < -0.4 is 47.7 Å². The molecule has 2 nitrogen and oxygen atoms in total. The van der Waals surface area contributed by atoms with Crippen LogP contribution in [0, 0.1) is 0 Å². The van der Waals surface area contributed by atoms with Crippen molar-refractivity contribution < 1.29 is 30.0 Å². The van der Waals surface area contributed by atoms with Gasteiger partial charge in [-0.15, -0.1) is 0 Å². The van der Waals surface area contributed by atoms with Gasteiger partial charge in [-0.05, 0) is 71.5 Å². The van der Waals surface area contributed by atoms with E-state index in [4.69, 9.17) is 9.59 Å². The van der Waals surface area contributed by atoms with Crippen LogP contribution in [0.15, 0.2) is 273 Å². The molecule has 0 amide bonds. The second kappa shape index (κ2) is 28.7. The van der Waals surface area contributed by atoms with Gasteiger partial charge >= 0.3 is 0 Å². The Balaban J connectivity index is 0.000000195. The zero-order valence-corrected chi connectivity index (χ0v) is 38.6. The molecule has 0 atom stereocenters. The van der Waals surface area contributed by atoms with Crippen LogP contribution in [-0.2, 0) is 30.0 Å². The van der Waals surface area contributed by atoms with Crippen LogP contribution in [0.5, 0.6) is 0 Å². The van der Waals surface area contributed by atoms with E-state index in [1.807, 2.05) is 13.6 Å². The van der Waals surface area contributed by atoms with Crippen molar-refractivity contribution >= 4 is 85.1 Å². The molecule has 0 aliphatic carbocycles. The van der Waals surface area contributed by atoms with Gasteiger partial charge in [-0.2, -0.15) is 0 Å². The van der Waals surface area contributed by atoms with E-state index in [0.717, 1.165) is 0 Å². The van der Waals surface area contributed by atoms with Gasteiger partial charge in [0.1, 0.15) is 13.6 Å². The number of benzene rings is 9. The van der Waals surface area contributed by atoms with E-state index in [1.165, 1.54) is 47.7 Å². The fourth-order valence-electron chi connectivity index (χ4n) is 6.54. The molecule has 0 bridgehead atoms. The van der Waals surface area contributed by atoms with Gasteiger partial charge in [0.05, 0.1) is 0 Å². The Bertz CT molecular complexity index is 1910.